The molecule has 128 valence electrons. The van der Waals surface area contributed by atoms with Crippen molar-refractivity contribution < 1.29 is 14.3 Å². The highest BCUT2D eigenvalue weighted by Crippen LogP contribution is 2.40. The van der Waals surface area contributed by atoms with Gasteiger partial charge in [0.05, 0.1) is 37.2 Å². The lowest BCUT2D eigenvalue weighted by molar-refractivity contribution is 0.0903. The molecule has 2 atom stereocenters. The molecule has 1 aliphatic heterocycles. The van der Waals surface area contributed by atoms with Gasteiger partial charge < -0.3 is 19.8 Å². The zero-order valence-electron chi connectivity index (χ0n) is 13.7. The summed E-state index contributed by atoms with van der Waals surface area (Å²) in [5, 5.41) is 7.26. The van der Waals surface area contributed by atoms with E-state index in [-0.39, 0.29) is 18.1 Å². The normalized spacial score (nSPS) is 23.4. The minimum absolute atomic E-state index is 0.0634. The molecular weight excluding hydrogens is 308 g/mol. The number of aryl methyl sites for hydroxylation is 1. The van der Waals surface area contributed by atoms with Gasteiger partial charge in [0.25, 0.3) is 5.91 Å². The summed E-state index contributed by atoms with van der Waals surface area (Å²) in [6, 6.07) is 1.68. The monoisotopic (exact) mass is 330 g/mol. The number of carbonyl (C=O) groups excluding carboxylic acids is 1. The molecule has 1 saturated carbocycles. The zero-order chi connectivity index (χ0) is 16.5. The van der Waals surface area contributed by atoms with Gasteiger partial charge in [-0.25, -0.2) is 0 Å². The van der Waals surface area contributed by atoms with Crippen molar-refractivity contribution in [1.82, 2.24) is 20.1 Å². The molecule has 2 aromatic heterocycles. The molecule has 2 fully saturated rings. The molecule has 24 heavy (non-hydrogen) atoms. The first-order valence-electron chi connectivity index (χ1n) is 8.49. The summed E-state index contributed by atoms with van der Waals surface area (Å²) in [5.74, 6) is 1.14. The summed E-state index contributed by atoms with van der Waals surface area (Å²) in [5.41, 5.74) is 1.79. The molecule has 7 heteroatoms. The highest BCUT2D eigenvalue weighted by molar-refractivity contribution is 5.96. The average molecular weight is 330 g/mol. The van der Waals surface area contributed by atoms with Gasteiger partial charge >= 0.3 is 0 Å². The highest BCUT2D eigenvalue weighted by atomic mass is 16.5. The van der Waals surface area contributed by atoms with E-state index in [4.69, 9.17) is 9.47 Å². The zero-order valence-corrected chi connectivity index (χ0v) is 13.7. The molecule has 0 aromatic carbocycles. The Bertz CT molecular complexity index is 719. The molecule has 2 aliphatic rings. The van der Waals surface area contributed by atoms with Crippen LogP contribution in [-0.4, -0.2) is 46.0 Å². The minimum Gasteiger partial charge on any atom is -0.482 e. The maximum atomic E-state index is 12.6. The molecule has 1 aliphatic carbocycles. The number of nitrogens with one attached hydrogen (secondary N) is 2. The van der Waals surface area contributed by atoms with Crippen LogP contribution in [-0.2, 0) is 11.3 Å². The topological polar surface area (TPSA) is 81.2 Å². The summed E-state index contributed by atoms with van der Waals surface area (Å²) < 4.78 is 13.3. The lowest BCUT2D eigenvalue weighted by Gasteiger charge is -2.19. The predicted octanol–water partition coefficient (Wildman–Crippen LogP) is 1.68. The SMILES string of the molecule is CCn1cc(O[C@@H]2COC[C@@H]2NC(=O)c2cc[nH]c2C2CC2)cn1. The third-order valence-electron chi connectivity index (χ3n) is 4.58. The van der Waals surface area contributed by atoms with Gasteiger partial charge in [-0.05, 0) is 31.7 Å². The van der Waals surface area contributed by atoms with E-state index in [1.165, 1.54) is 0 Å². The Balaban J connectivity index is 1.41. The molecule has 0 unspecified atom stereocenters. The van der Waals surface area contributed by atoms with Gasteiger partial charge in [-0.3, -0.25) is 9.48 Å². The number of H-pyrrole nitrogens is 1. The van der Waals surface area contributed by atoms with Gasteiger partial charge in [-0.1, -0.05) is 0 Å². The predicted molar refractivity (Wildman–Crippen MR) is 87.2 cm³/mol. The van der Waals surface area contributed by atoms with Crippen molar-refractivity contribution in [3.8, 4) is 5.75 Å². The number of hydrogen-bond acceptors (Lipinski definition) is 4. The lowest BCUT2D eigenvalue weighted by atomic mass is 10.1. The number of nitrogens with zero attached hydrogens (tertiary/aromatic N) is 2. The Morgan fingerprint density at radius 3 is 3.12 bits per heavy atom. The second kappa shape index (κ2) is 6.32. The maximum Gasteiger partial charge on any atom is 0.253 e. The van der Waals surface area contributed by atoms with Crippen LogP contribution in [0.5, 0.6) is 5.75 Å². The van der Waals surface area contributed by atoms with Crippen LogP contribution in [0.3, 0.4) is 0 Å². The lowest BCUT2D eigenvalue weighted by Crippen LogP contribution is -2.45. The summed E-state index contributed by atoms with van der Waals surface area (Å²) >= 11 is 0. The van der Waals surface area contributed by atoms with E-state index in [1.807, 2.05) is 25.4 Å². The van der Waals surface area contributed by atoms with Gasteiger partial charge in [-0.15, -0.1) is 0 Å². The van der Waals surface area contributed by atoms with E-state index in [1.54, 1.807) is 10.9 Å². The average Bonchev–Trinajstić information content (AvgIpc) is 3.01. The van der Waals surface area contributed by atoms with Crippen LogP contribution in [0.15, 0.2) is 24.7 Å². The van der Waals surface area contributed by atoms with E-state index >= 15 is 0 Å². The molecular formula is C17H22N4O3. The number of amides is 1. The molecule has 2 N–H and O–H groups in total. The Morgan fingerprint density at radius 1 is 1.50 bits per heavy atom. The first-order valence-corrected chi connectivity index (χ1v) is 8.49. The first kappa shape index (κ1) is 15.3. The number of hydrogen-bond donors (Lipinski definition) is 2. The summed E-state index contributed by atoms with van der Waals surface area (Å²) in [4.78, 5) is 15.8. The van der Waals surface area contributed by atoms with Crippen LogP contribution in [0.2, 0.25) is 0 Å². The number of aromatic nitrogens is 3. The fraction of sp³-hybridized carbons (Fsp3) is 0.529. The molecule has 2 aromatic rings. The van der Waals surface area contributed by atoms with E-state index in [0.717, 1.165) is 30.6 Å². The fourth-order valence-electron chi connectivity index (χ4n) is 3.07. The van der Waals surface area contributed by atoms with Crippen LogP contribution >= 0.6 is 0 Å². The number of carbonyl (C=O) groups is 1. The first-order chi connectivity index (χ1) is 11.7. The fourth-order valence-corrected chi connectivity index (χ4v) is 3.07. The second-order valence-corrected chi connectivity index (χ2v) is 6.38. The van der Waals surface area contributed by atoms with Crippen molar-refractivity contribution >= 4 is 5.91 Å². The van der Waals surface area contributed by atoms with E-state index < -0.39 is 0 Å². The quantitative estimate of drug-likeness (QED) is 0.844. The third-order valence-corrected chi connectivity index (χ3v) is 4.58. The van der Waals surface area contributed by atoms with Crippen molar-refractivity contribution in [3.63, 3.8) is 0 Å². The molecule has 0 radical (unpaired) electrons. The number of aromatic amines is 1. The molecule has 0 spiro atoms. The van der Waals surface area contributed by atoms with E-state index in [0.29, 0.717) is 24.9 Å². The van der Waals surface area contributed by atoms with Crippen LogP contribution in [0.4, 0.5) is 0 Å². The molecule has 1 amide bonds. The van der Waals surface area contributed by atoms with Crippen molar-refractivity contribution in [2.24, 2.45) is 0 Å². The number of rotatable bonds is 6. The largest absolute Gasteiger partial charge is 0.482 e. The van der Waals surface area contributed by atoms with Crippen molar-refractivity contribution in [2.45, 2.75) is 44.4 Å². The van der Waals surface area contributed by atoms with Gasteiger partial charge in [0.1, 0.15) is 6.10 Å². The highest BCUT2D eigenvalue weighted by Gasteiger charge is 2.34. The Kier molecular flexibility index (Phi) is 4.02. The van der Waals surface area contributed by atoms with Gasteiger partial charge in [-0.2, -0.15) is 5.10 Å². The molecule has 1 saturated heterocycles. The van der Waals surface area contributed by atoms with Crippen molar-refractivity contribution in [2.75, 3.05) is 13.2 Å². The molecule has 0 bridgehead atoms. The smallest absolute Gasteiger partial charge is 0.253 e. The minimum atomic E-state index is -0.202. The third kappa shape index (κ3) is 3.03. The standard InChI is InChI=1S/C17H22N4O3/c1-2-21-8-12(7-19-21)24-15-10-23-9-14(15)20-17(22)13-5-6-18-16(13)11-3-4-11/h5-8,11,14-15,18H,2-4,9-10H2,1H3,(H,20,22)/t14-,15+/m0/s1. The van der Waals surface area contributed by atoms with Crippen LogP contribution < -0.4 is 10.1 Å². The summed E-state index contributed by atoms with van der Waals surface area (Å²) in [6.07, 6.45) is 7.49. The maximum absolute atomic E-state index is 12.6. The number of ether oxygens (including phenoxy) is 2. The van der Waals surface area contributed by atoms with Crippen molar-refractivity contribution in [3.05, 3.63) is 35.9 Å². The van der Waals surface area contributed by atoms with Crippen LogP contribution in [0, 0.1) is 0 Å². The van der Waals surface area contributed by atoms with Gasteiger partial charge in [0, 0.05) is 18.4 Å². The Hall–Kier alpha value is -2.28. The van der Waals surface area contributed by atoms with E-state index in [9.17, 15) is 4.79 Å². The van der Waals surface area contributed by atoms with Crippen LogP contribution in [0.25, 0.3) is 0 Å². The summed E-state index contributed by atoms with van der Waals surface area (Å²) in [6.45, 7) is 3.74. The molecule has 4 rings (SSSR count). The molecule has 7 nitrogen and oxygen atoms in total. The van der Waals surface area contributed by atoms with Crippen molar-refractivity contribution in [1.29, 1.82) is 0 Å². The van der Waals surface area contributed by atoms with E-state index in [2.05, 4.69) is 15.4 Å². The Morgan fingerprint density at radius 2 is 2.38 bits per heavy atom. The molecule has 3 heterocycles. The van der Waals surface area contributed by atoms with Gasteiger partial charge in [0.2, 0.25) is 0 Å². The Labute approximate surface area is 140 Å². The van der Waals surface area contributed by atoms with Crippen LogP contribution in [0.1, 0.15) is 41.7 Å². The van der Waals surface area contributed by atoms with Gasteiger partial charge in [0.15, 0.2) is 5.75 Å². The summed E-state index contributed by atoms with van der Waals surface area (Å²) in [7, 11) is 0. The second-order valence-electron chi connectivity index (χ2n) is 6.38.